The number of halogens is 3. The highest BCUT2D eigenvalue weighted by Gasteiger charge is 2.25. The fraction of sp³-hybridized carbons (Fsp3) is 0.316. The second-order valence-corrected chi connectivity index (χ2v) is 8.38. The summed E-state index contributed by atoms with van der Waals surface area (Å²) in [6.45, 7) is 1.20. The molecule has 0 saturated carbocycles. The summed E-state index contributed by atoms with van der Waals surface area (Å²) in [5.41, 5.74) is -1.04. The van der Waals surface area contributed by atoms with Gasteiger partial charge in [0.1, 0.15) is 11.6 Å². The minimum absolute atomic E-state index is 0.0674. The predicted molar refractivity (Wildman–Crippen MR) is 104 cm³/mol. The largest absolute Gasteiger partial charge is 0.496 e. The van der Waals surface area contributed by atoms with Gasteiger partial charge in [-0.3, -0.25) is 4.79 Å². The Kier molecular flexibility index (Phi) is 6.64. The lowest BCUT2D eigenvalue weighted by molar-refractivity contribution is 0.102. The Hall–Kier alpha value is -2.63. The van der Waals surface area contributed by atoms with Crippen molar-refractivity contribution in [3.8, 4) is 5.75 Å². The van der Waals surface area contributed by atoms with Gasteiger partial charge < -0.3 is 15.4 Å². The number of hydrogen-bond donors (Lipinski definition) is 3. The number of carbonyl (C=O) groups excluding carboxylic acids is 1. The highest BCUT2D eigenvalue weighted by Crippen LogP contribution is 2.27. The molecule has 7 nitrogen and oxygen atoms in total. The fourth-order valence-electron chi connectivity index (χ4n) is 3.06. The second kappa shape index (κ2) is 9.02. The summed E-state index contributed by atoms with van der Waals surface area (Å²) in [5, 5.41) is 5.41. The van der Waals surface area contributed by atoms with Crippen LogP contribution in [0.25, 0.3) is 0 Å². The molecule has 1 aliphatic heterocycles. The number of anilines is 1. The van der Waals surface area contributed by atoms with Crippen LogP contribution in [0.5, 0.6) is 5.75 Å². The Labute approximate surface area is 171 Å². The number of ether oxygens (including phenoxy) is 1. The number of benzene rings is 2. The SMILES string of the molecule is COc1ccc(S(=O)(=O)N[C@H]2CCNC2)cc1C(=O)Nc1ccc(F)c(C(F)F)c1. The zero-order chi connectivity index (χ0) is 21.9. The summed E-state index contributed by atoms with van der Waals surface area (Å²) in [6.07, 6.45) is -2.42. The van der Waals surface area contributed by atoms with E-state index in [1.54, 1.807) is 0 Å². The molecule has 2 aromatic carbocycles. The Morgan fingerprint density at radius 3 is 2.63 bits per heavy atom. The van der Waals surface area contributed by atoms with Crippen LogP contribution in [0.3, 0.4) is 0 Å². The molecular formula is C19H20F3N3O4S. The summed E-state index contributed by atoms with van der Waals surface area (Å²) in [5.74, 6) is -1.80. The van der Waals surface area contributed by atoms with Crippen molar-refractivity contribution in [2.45, 2.75) is 23.8 Å². The molecule has 162 valence electrons. The molecule has 2 aromatic rings. The molecule has 0 aliphatic carbocycles. The monoisotopic (exact) mass is 443 g/mol. The Morgan fingerprint density at radius 2 is 2.00 bits per heavy atom. The fourth-order valence-corrected chi connectivity index (χ4v) is 4.36. The van der Waals surface area contributed by atoms with Crippen LogP contribution in [0.1, 0.15) is 28.8 Å². The number of rotatable bonds is 7. The first-order chi connectivity index (χ1) is 14.2. The van der Waals surface area contributed by atoms with Gasteiger partial charge in [-0.25, -0.2) is 26.3 Å². The van der Waals surface area contributed by atoms with Crippen molar-refractivity contribution in [1.82, 2.24) is 10.0 Å². The molecule has 30 heavy (non-hydrogen) atoms. The van der Waals surface area contributed by atoms with Gasteiger partial charge in [0.15, 0.2) is 0 Å². The first-order valence-electron chi connectivity index (χ1n) is 9.01. The van der Waals surface area contributed by atoms with Crippen molar-refractivity contribution in [2.24, 2.45) is 0 Å². The zero-order valence-electron chi connectivity index (χ0n) is 15.9. The highest BCUT2D eigenvalue weighted by molar-refractivity contribution is 7.89. The van der Waals surface area contributed by atoms with E-state index in [0.717, 1.165) is 24.3 Å². The van der Waals surface area contributed by atoms with Gasteiger partial charge in [-0.2, -0.15) is 0 Å². The van der Waals surface area contributed by atoms with E-state index < -0.39 is 33.7 Å². The molecule has 0 aromatic heterocycles. The van der Waals surface area contributed by atoms with Crippen LogP contribution in [-0.4, -0.2) is 40.6 Å². The molecule has 0 spiro atoms. The summed E-state index contributed by atoms with van der Waals surface area (Å²) in [7, 11) is -2.59. The molecule has 0 unspecified atom stereocenters. The van der Waals surface area contributed by atoms with E-state index in [9.17, 15) is 26.4 Å². The third kappa shape index (κ3) is 4.91. The Morgan fingerprint density at radius 1 is 1.23 bits per heavy atom. The van der Waals surface area contributed by atoms with Gasteiger partial charge in [0.05, 0.1) is 23.1 Å². The first kappa shape index (κ1) is 22.1. The average Bonchev–Trinajstić information content (AvgIpc) is 3.20. The van der Waals surface area contributed by atoms with Gasteiger partial charge in [-0.05, 0) is 49.4 Å². The summed E-state index contributed by atoms with van der Waals surface area (Å²) in [4.78, 5) is 12.5. The average molecular weight is 443 g/mol. The second-order valence-electron chi connectivity index (χ2n) is 6.66. The molecule has 0 radical (unpaired) electrons. The van der Waals surface area contributed by atoms with Crippen LogP contribution in [0, 0.1) is 5.82 Å². The molecule has 3 rings (SSSR count). The maximum atomic E-state index is 13.5. The molecule has 1 aliphatic rings. The molecule has 1 amide bonds. The number of alkyl halides is 2. The topological polar surface area (TPSA) is 96.5 Å². The van der Waals surface area contributed by atoms with Crippen LogP contribution < -0.4 is 20.1 Å². The lowest BCUT2D eigenvalue weighted by Crippen LogP contribution is -2.36. The number of hydrogen-bond acceptors (Lipinski definition) is 5. The maximum absolute atomic E-state index is 13.5. The van der Waals surface area contributed by atoms with Crippen molar-refractivity contribution in [2.75, 3.05) is 25.5 Å². The lowest BCUT2D eigenvalue weighted by Gasteiger charge is -2.15. The molecular weight excluding hydrogens is 423 g/mol. The van der Waals surface area contributed by atoms with Crippen molar-refractivity contribution in [1.29, 1.82) is 0 Å². The Bertz CT molecular complexity index is 1040. The van der Waals surface area contributed by atoms with Crippen LogP contribution in [-0.2, 0) is 10.0 Å². The van der Waals surface area contributed by atoms with Crippen LogP contribution in [0.15, 0.2) is 41.3 Å². The van der Waals surface area contributed by atoms with Gasteiger partial charge in [-0.15, -0.1) is 0 Å². The number of sulfonamides is 1. The van der Waals surface area contributed by atoms with E-state index in [1.165, 1.54) is 19.2 Å². The molecule has 1 atom stereocenters. The third-order valence-electron chi connectivity index (χ3n) is 4.60. The minimum atomic E-state index is -3.90. The summed E-state index contributed by atoms with van der Waals surface area (Å²) >= 11 is 0. The van der Waals surface area contributed by atoms with E-state index in [-0.39, 0.29) is 27.9 Å². The molecule has 0 bridgehead atoms. The summed E-state index contributed by atoms with van der Waals surface area (Å²) < 4.78 is 72.2. The van der Waals surface area contributed by atoms with Gasteiger partial charge in [0, 0.05) is 18.3 Å². The number of amides is 1. The van der Waals surface area contributed by atoms with Crippen molar-refractivity contribution in [3.05, 3.63) is 53.3 Å². The normalized spacial score (nSPS) is 16.6. The first-order valence-corrected chi connectivity index (χ1v) is 10.5. The van der Waals surface area contributed by atoms with E-state index in [1.807, 2.05) is 0 Å². The quantitative estimate of drug-likeness (QED) is 0.612. The molecule has 1 heterocycles. The van der Waals surface area contributed by atoms with Crippen molar-refractivity contribution >= 4 is 21.6 Å². The van der Waals surface area contributed by atoms with Gasteiger partial charge in [0.25, 0.3) is 12.3 Å². The van der Waals surface area contributed by atoms with Crippen molar-refractivity contribution < 1.29 is 31.1 Å². The highest BCUT2D eigenvalue weighted by atomic mass is 32.2. The van der Waals surface area contributed by atoms with Gasteiger partial charge in [-0.1, -0.05) is 0 Å². The maximum Gasteiger partial charge on any atom is 0.266 e. The molecule has 11 heteroatoms. The van der Waals surface area contributed by atoms with Crippen LogP contribution in [0.4, 0.5) is 18.9 Å². The van der Waals surface area contributed by atoms with Crippen molar-refractivity contribution in [3.63, 3.8) is 0 Å². The molecule has 1 saturated heterocycles. The van der Waals surface area contributed by atoms with Crippen LogP contribution in [0.2, 0.25) is 0 Å². The smallest absolute Gasteiger partial charge is 0.266 e. The molecule has 3 N–H and O–H groups in total. The molecule has 1 fully saturated rings. The Balaban J connectivity index is 1.88. The predicted octanol–water partition coefficient (Wildman–Crippen LogP) is 2.66. The van der Waals surface area contributed by atoms with E-state index in [2.05, 4.69) is 15.4 Å². The lowest BCUT2D eigenvalue weighted by atomic mass is 10.1. The van der Waals surface area contributed by atoms with Crippen LogP contribution >= 0.6 is 0 Å². The number of nitrogens with one attached hydrogen (secondary N) is 3. The number of carbonyl (C=O) groups is 1. The van der Waals surface area contributed by atoms with E-state index in [0.29, 0.717) is 19.5 Å². The number of methoxy groups -OCH3 is 1. The zero-order valence-corrected chi connectivity index (χ0v) is 16.7. The summed E-state index contributed by atoms with van der Waals surface area (Å²) in [6, 6.07) is 6.26. The minimum Gasteiger partial charge on any atom is -0.496 e. The van der Waals surface area contributed by atoms with E-state index >= 15 is 0 Å². The third-order valence-corrected chi connectivity index (χ3v) is 6.12. The van der Waals surface area contributed by atoms with E-state index in [4.69, 9.17) is 4.74 Å². The van der Waals surface area contributed by atoms with Gasteiger partial charge >= 0.3 is 0 Å². The standard InChI is InChI=1S/C19H20F3N3O4S/c1-29-17-5-3-13(30(27,28)25-12-6-7-23-10-12)9-15(17)19(26)24-11-2-4-16(20)14(8-11)18(21)22/h2-5,8-9,12,18,23,25H,6-7,10H2,1H3,(H,24,26)/t12-/m0/s1. The van der Waals surface area contributed by atoms with Gasteiger partial charge in [0.2, 0.25) is 10.0 Å².